The van der Waals surface area contributed by atoms with E-state index >= 15 is 0 Å². The van der Waals surface area contributed by atoms with Gasteiger partial charge in [0, 0.05) is 6.21 Å². The average molecular weight is 134 g/mol. The summed E-state index contributed by atoms with van der Waals surface area (Å²) in [5, 5.41) is 8.38. The van der Waals surface area contributed by atoms with Crippen LogP contribution in [0.4, 0.5) is 0 Å². The minimum atomic E-state index is 0.419. The number of aliphatic imine (C=N–C) groups is 1. The Hall–Kier alpha value is -1.36. The third-order valence-corrected chi connectivity index (χ3v) is 0.812. The van der Waals surface area contributed by atoms with Gasteiger partial charge in [0.1, 0.15) is 11.8 Å². The average Bonchev–Trinajstić information content (AvgIpc) is 1.90. The largest absolute Gasteiger partial charge is 0.246 e. The van der Waals surface area contributed by atoms with Crippen LogP contribution in [0, 0.1) is 11.3 Å². The molecule has 0 bridgehead atoms. The maximum Gasteiger partial charge on any atom is 0.136 e. The van der Waals surface area contributed by atoms with Gasteiger partial charge in [-0.05, 0) is 19.4 Å². The summed E-state index contributed by atoms with van der Waals surface area (Å²) < 4.78 is 0. The van der Waals surface area contributed by atoms with E-state index in [4.69, 9.17) is 5.26 Å². The molecular weight excluding hydrogens is 124 g/mol. The molecule has 0 amide bonds. The van der Waals surface area contributed by atoms with Crippen molar-refractivity contribution in [2.24, 2.45) is 4.99 Å². The lowest BCUT2D eigenvalue weighted by atomic mass is 10.4. The standard InChI is InChI=1S/C8H10N2/c1-4-8(5-9)10-6-7(2)3/h4,6H,2H2,1,3H3/b8-4-,10-6?. The molecule has 0 saturated heterocycles. The molecule has 0 aromatic rings. The van der Waals surface area contributed by atoms with Gasteiger partial charge in [0.05, 0.1) is 0 Å². The molecule has 0 aliphatic heterocycles. The van der Waals surface area contributed by atoms with Crippen molar-refractivity contribution in [1.82, 2.24) is 0 Å². The zero-order chi connectivity index (χ0) is 7.98. The molecule has 0 rings (SSSR count). The van der Waals surface area contributed by atoms with Gasteiger partial charge in [-0.25, -0.2) is 4.99 Å². The van der Waals surface area contributed by atoms with Crippen LogP contribution >= 0.6 is 0 Å². The lowest BCUT2D eigenvalue weighted by Gasteiger charge is -1.84. The molecule has 0 aliphatic carbocycles. The molecule has 0 aromatic heterocycles. The van der Waals surface area contributed by atoms with E-state index in [-0.39, 0.29) is 0 Å². The molecule has 2 nitrogen and oxygen atoms in total. The molecule has 10 heavy (non-hydrogen) atoms. The molecule has 0 unspecified atom stereocenters. The van der Waals surface area contributed by atoms with Crippen LogP contribution in [0.2, 0.25) is 0 Å². The van der Waals surface area contributed by atoms with Gasteiger partial charge >= 0.3 is 0 Å². The molecule has 0 saturated carbocycles. The minimum absolute atomic E-state index is 0.419. The summed E-state index contributed by atoms with van der Waals surface area (Å²) in [6.45, 7) is 7.21. The summed E-state index contributed by atoms with van der Waals surface area (Å²) >= 11 is 0. The van der Waals surface area contributed by atoms with E-state index in [0.717, 1.165) is 5.57 Å². The summed E-state index contributed by atoms with van der Waals surface area (Å²) in [6, 6.07) is 1.93. The Morgan fingerprint density at radius 2 is 2.30 bits per heavy atom. The van der Waals surface area contributed by atoms with Gasteiger partial charge < -0.3 is 0 Å². The minimum Gasteiger partial charge on any atom is -0.246 e. The second-order valence-electron chi connectivity index (χ2n) is 1.89. The second kappa shape index (κ2) is 4.51. The van der Waals surface area contributed by atoms with Gasteiger partial charge in [0.25, 0.3) is 0 Å². The monoisotopic (exact) mass is 134 g/mol. The second-order valence-corrected chi connectivity index (χ2v) is 1.89. The SMILES string of the molecule is C=C(C)C=N/C(C#N)=C\C. The van der Waals surface area contributed by atoms with Crippen molar-refractivity contribution in [1.29, 1.82) is 5.26 Å². The molecule has 0 fully saturated rings. The highest BCUT2D eigenvalue weighted by molar-refractivity contribution is 5.77. The Morgan fingerprint density at radius 1 is 1.70 bits per heavy atom. The van der Waals surface area contributed by atoms with Crippen LogP contribution in [0.1, 0.15) is 13.8 Å². The molecule has 0 aliphatic rings. The summed E-state index contributed by atoms with van der Waals surface area (Å²) in [6.07, 6.45) is 3.22. The van der Waals surface area contributed by atoms with E-state index < -0.39 is 0 Å². The van der Waals surface area contributed by atoms with Crippen molar-refractivity contribution >= 4 is 6.21 Å². The Bertz CT molecular complexity index is 216. The third-order valence-electron chi connectivity index (χ3n) is 0.812. The van der Waals surface area contributed by atoms with Gasteiger partial charge in [-0.3, -0.25) is 0 Å². The lowest BCUT2D eigenvalue weighted by molar-refractivity contribution is 1.36. The zero-order valence-electron chi connectivity index (χ0n) is 6.26. The number of rotatable bonds is 2. The lowest BCUT2D eigenvalue weighted by Crippen LogP contribution is -1.76. The maximum atomic E-state index is 8.38. The van der Waals surface area contributed by atoms with Crippen LogP contribution in [0.3, 0.4) is 0 Å². The van der Waals surface area contributed by atoms with Gasteiger partial charge in [-0.1, -0.05) is 12.7 Å². The van der Waals surface area contributed by atoms with Crippen molar-refractivity contribution < 1.29 is 0 Å². The summed E-state index contributed by atoms with van der Waals surface area (Å²) in [7, 11) is 0. The van der Waals surface area contributed by atoms with Crippen LogP contribution in [-0.4, -0.2) is 6.21 Å². The molecule has 2 heteroatoms. The third kappa shape index (κ3) is 3.62. The smallest absolute Gasteiger partial charge is 0.136 e. The topological polar surface area (TPSA) is 36.1 Å². The van der Waals surface area contributed by atoms with Crippen molar-refractivity contribution in [2.75, 3.05) is 0 Å². The first-order chi connectivity index (χ1) is 4.70. The van der Waals surface area contributed by atoms with Crippen LogP contribution < -0.4 is 0 Å². The van der Waals surface area contributed by atoms with Crippen molar-refractivity contribution in [3.8, 4) is 6.07 Å². The van der Waals surface area contributed by atoms with E-state index in [1.54, 1.807) is 19.2 Å². The van der Waals surface area contributed by atoms with Crippen LogP contribution in [-0.2, 0) is 0 Å². The van der Waals surface area contributed by atoms with Crippen LogP contribution in [0.5, 0.6) is 0 Å². The van der Waals surface area contributed by atoms with Gasteiger partial charge in [0.2, 0.25) is 0 Å². The fourth-order valence-corrected chi connectivity index (χ4v) is 0.348. The fraction of sp³-hybridized carbons (Fsp3) is 0.250. The van der Waals surface area contributed by atoms with Crippen LogP contribution in [0.15, 0.2) is 28.9 Å². The number of hydrogen-bond acceptors (Lipinski definition) is 2. The molecule has 0 N–H and O–H groups in total. The maximum absolute atomic E-state index is 8.38. The molecular formula is C8H10N2. The van der Waals surface area contributed by atoms with E-state index in [2.05, 4.69) is 11.6 Å². The van der Waals surface area contributed by atoms with E-state index in [9.17, 15) is 0 Å². The van der Waals surface area contributed by atoms with E-state index in [1.807, 2.05) is 13.0 Å². The normalized spacial score (nSPS) is 11.5. The zero-order valence-corrected chi connectivity index (χ0v) is 6.26. The Balaban J connectivity index is 4.16. The fourth-order valence-electron chi connectivity index (χ4n) is 0.348. The van der Waals surface area contributed by atoms with Gasteiger partial charge in [0.15, 0.2) is 0 Å². The Kier molecular flexibility index (Phi) is 3.90. The van der Waals surface area contributed by atoms with E-state index in [0.29, 0.717) is 5.70 Å². The quantitative estimate of drug-likeness (QED) is 0.420. The highest BCUT2D eigenvalue weighted by Gasteiger charge is 1.83. The molecule has 0 aromatic carbocycles. The van der Waals surface area contributed by atoms with Crippen molar-refractivity contribution in [2.45, 2.75) is 13.8 Å². The van der Waals surface area contributed by atoms with Crippen molar-refractivity contribution in [3.63, 3.8) is 0 Å². The van der Waals surface area contributed by atoms with Gasteiger partial charge in [-0.2, -0.15) is 5.26 Å². The molecule has 0 radical (unpaired) electrons. The number of nitriles is 1. The van der Waals surface area contributed by atoms with Gasteiger partial charge in [-0.15, -0.1) is 0 Å². The molecule has 52 valence electrons. The predicted octanol–water partition coefficient (Wildman–Crippen LogP) is 2.06. The number of nitrogens with zero attached hydrogens (tertiary/aromatic N) is 2. The molecule has 0 spiro atoms. The predicted molar refractivity (Wildman–Crippen MR) is 42.7 cm³/mol. The molecule has 0 heterocycles. The molecule has 0 atom stereocenters. The summed E-state index contributed by atoms with van der Waals surface area (Å²) in [5.41, 5.74) is 1.26. The van der Waals surface area contributed by atoms with E-state index in [1.165, 1.54) is 0 Å². The first-order valence-electron chi connectivity index (χ1n) is 2.96. The van der Waals surface area contributed by atoms with Crippen molar-refractivity contribution in [3.05, 3.63) is 23.9 Å². The summed E-state index contributed by atoms with van der Waals surface area (Å²) in [4.78, 5) is 3.84. The Morgan fingerprint density at radius 3 is 2.60 bits per heavy atom. The summed E-state index contributed by atoms with van der Waals surface area (Å²) in [5.74, 6) is 0. The van der Waals surface area contributed by atoms with Crippen LogP contribution in [0.25, 0.3) is 0 Å². The number of allylic oxidation sites excluding steroid dienone is 3. The first-order valence-corrected chi connectivity index (χ1v) is 2.96. The Labute approximate surface area is 61.2 Å². The highest BCUT2D eigenvalue weighted by Crippen LogP contribution is 1.93. The highest BCUT2D eigenvalue weighted by atomic mass is 14.7. The number of hydrogen-bond donors (Lipinski definition) is 0. The first kappa shape index (κ1) is 8.64.